The standard InChI is InChI=1S/C15H19N5O2S/c1-9-17-14-12(13(23-9)11-3-6-16-19(11)2)15(21)18-20(14)10-4-7-22-8-5-10/h3,6,10,13H,4-5,7-8H2,1-2H3,(H,18,21)/t13-/m0/s1. The second-order valence-corrected chi connectivity index (χ2v) is 7.20. The lowest BCUT2D eigenvalue weighted by atomic mass is 10.1. The van der Waals surface area contributed by atoms with Crippen LogP contribution < -0.4 is 5.56 Å². The molecule has 1 N–H and O–H groups in total. The predicted molar refractivity (Wildman–Crippen MR) is 89.6 cm³/mol. The fourth-order valence-corrected chi connectivity index (χ4v) is 4.43. The first kappa shape index (κ1) is 14.8. The molecular weight excluding hydrogens is 314 g/mol. The predicted octanol–water partition coefficient (Wildman–Crippen LogP) is 2.15. The van der Waals surface area contributed by atoms with Crippen molar-refractivity contribution in [1.82, 2.24) is 19.6 Å². The van der Waals surface area contributed by atoms with Gasteiger partial charge in [0.25, 0.3) is 5.56 Å². The molecule has 2 aromatic heterocycles. The van der Waals surface area contributed by atoms with Gasteiger partial charge in [0.1, 0.15) is 0 Å². The maximum Gasteiger partial charge on any atom is 0.271 e. The minimum atomic E-state index is -0.0696. The maximum atomic E-state index is 12.6. The van der Waals surface area contributed by atoms with Crippen molar-refractivity contribution in [3.8, 4) is 0 Å². The Balaban J connectivity index is 1.84. The second-order valence-electron chi connectivity index (χ2n) is 5.90. The summed E-state index contributed by atoms with van der Waals surface area (Å²) >= 11 is 1.61. The second kappa shape index (κ2) is 5.68. The molecule has 2 aliphatic rings. The molecule has 0 unspecified atom stereocenters. The van der Waals surface area contributed by atoms with Crippen molar-refractivity contribution in [2.24, 2.45) is 12.0 Å². The third-order valence-electron chi connectivity index (χ3n) is 4.43. The molecule has 0 bridgehead atoms. The van der Waals surface area contributed by atoms with Gasteiger partial charge in [0.05, 0.1) is 27.6 Å². The van der Waals surface area contributed by atoms with Gasteiger partial charge in [-0.05, 0) is 25.8 Å². The van der Waals surface area contributed by atoms with E-state index in [0.717, 1.165) is 48.2 Å². The van der Waals surface area contributed by atoms with Gasteiger partial charge in [-0.25, -0.2) is 4.99 Å². The molecule has 7 nitrogen and oxygen atoms in total. The molecular formula is C15H19N5O2S. The van der Waals surface area contributed by atoms with E-state index in [9.17, 15) is 4.79 Å². The van der Waals surface area contributed by atoms with Crippen LogP contribution in [-0.2, 0) is 11.8 Å². The zero-order valence-corrected chi connectivity index (χ0v) is 14.0. The van der Waals surface area contributed by atoms with Crippen molar-refractivity contribution in [2.75, 3.05) is 13.2 Å². The third kappa shape index (κ3) is 2.46. The van der Waals surface area contributed by atoms with E-state index < -0.39 is 0 Å². The molecule has 122 valence electrons. The Morgan fingerprint density at radius 2 is 2.17 bits per heavy atom. The lowest BCUT2D eigenvalue weighted by molar-refractivity contribution is 0.0666. The lowest BCUT2D eigenvalue weighted by Crippen LogP contribution is -2.21. The molecule has 1 fully saturated rings. The van der Waals surface area contributed by atoms with Crippen LogP contribution in [0.15, 0.2) is 22.1 Å². The van der Waals surface area contributed by atoms with Crippen molar-refractivity contribution in [3.05, 3.63) is 33.9 Å². The van der Waals surface area contributed by atoms with Gasteiger partial charge in [-0.2, -0.15) is 5.10 Å². The van der Waals surface area contributed by atoms with Gasteiger partial charge >= 0.3 is 0 Å². The van der Waals surface area contributed by atoms with Crippen LogP contribution in [0.25, 0.3) is 0 Å². The van der Waals surface area contributed by atoms with Crippen LogP contribution in [0.3, 0.4) is 0 Å². The summed E-state index contributed by atoms with van der Waals surface area (Å²) in [6.07, 6.45) is 3.56. The van der Waals surface area contributed by atoms with E-state index in [2.05, 4.69) is 15.2 Å². The average molecular weight is 333 g/mol. The number of aromatic nitrogens is 4. The van der Waals surface area contributed by atoms with Crippen molar-refractivity contribution in [1.29, 1.82) is 0 Å². The molecule has 8 heteroatoms. The minimum Gasteiger partial charge on any atom is -0.381 e. The van der Waals surface area contributed by atoms with E-state index in [-0.39, 0.29) is 16.9 Å². The molecule has 0 aliphatic carbocycles. The highest BCUT2D eigenvalue weighted by molar-refractivity contribution is 8.14. The number of aryl methyl sites for hydroxylation is 1. The number of hydrogen-bond donors (Lipinski definition) is 1. The number of fused-ring (bicyclic) bond motifs is 1. The highest BCUT2D eigenvalue weighted by Gasteiger charge is 2.33. The van der Waals surface area contributed by atoms with Crippen LogP contribution in [0.5, 0.6) is 0 Å². The molecule has 0 radical (unpaired) electrons. The van der Waals surface area contributed by atoms with Gasteiger partial charge in [0.15, 0.2) is 5.82 Å². The summed E-state index contributed by atoms with van der Waals surface area (Å²) in [4.78, 5) is 17.3. The Hall–Kier alpha value is -1.80. The molecule has 23 heavy (non-hydrogen) atoms. The number of ether oxygens (including phenoxy) is 1. The summed E-state index contributed by atoms with van der Waals surface area (Å²) in [6, 6.07) is 2.21. The fourth-order valence-electron chi connectivity index (χ4n) is 3.27. The van der Waals surface area contributed by atoms with Crippen LogP contribution in [0.4, 0.5) is 5.82 Å². The number of nitrogens with zero attached hydrogens (tertiary/aromatic N) is 4. The SMILES string of the molecule is CC1=Nc2c(c(=O)[nH]n2C2CCOCC2)[C@H](c2ccnn2C)S1. The largest absolute Gasteiger partial charge is 0.381 e. The highest BCUT2D eigenvalue weighted by atomic mass is 32.2. The van der Waals surface area contributed by atoms with Gasteiger partial charge in [-0.1, -0.05) is 11.8 Å². The summed E-state index contributed by atoms with van der Waals surface area (Å²) in [5, 5.41) is 8.15. The summed E-state index contributed by atoms with van der Waals surface area (Å²) in [5.74, 6) is 0.768. The first-order chi connectivity index (χ1) is 11.1. The van der Waals surface area contributed by atoms with Crippen molar-refractivity contribution < 1.29 is 4.74 Å². The van der Waals surface area contributed by atoms with Crippen LogP contribution in [0.1, 0.15) is 42.3 Å². The molecule has 1 saturated heterocycles. The Morgan fingerprint density at radius 3 is 2.87 bits per heavy atom. The number of aliphatic imine (C=N–C) groups is 1. The Bertz CT molecular complexity index is 812. The van der Waals surface area contributed by atoms with Crippen molar-refractivity contribution in [3.63, 3.8) is 0 Å². The zero-order chi connectivity index (χ0) is 16.0. The molecule has 0 spiro atoms. The van der Waals surface area contributed by atoms with Crippen molar-refractivity contribution in [2.45, 2.75) is 31.1 Å². The normalized spacial score (nSPS) is 22.0. The molecule has 0 saturated carbocycles. The highest BCUT2D eigenvalue weighted by Crippen LogP contribution is 2.44. The Kier molecular flexibility index (Phi) is 3.65. The molecule has 1 atom stereocenters. The van der Waals surface area contributed by atoms with Gasteiger partial charge in [0, 0.05) is 26.5 Å². The van der Waals surface area contributed by atoms with Gasteiger partial charge < -0.3 is 4.74 Å². The molecule has 2 aliphatic heterocycles. The monoisotopic (exact) mass is 333 g/mol. The van der Waals surface area contributed by atoms with Crippen molar-refractivity contribution >= 4 is 22.6 Å². The summed E-state index contributed by atoms with van der Waals surface area (Å²) in [7, 11) is 1.90. The quantitative estimate of drug-likeness (QED) is 0.913. The van der Waals surface area contributed by atoms with E-state index in [0.29, 0.717) is 0 Å². The van der Waals surface area contributed by atoms with E-state index in [1.807, 2.05) is 29.4 Å². The number of hydrogen-bond acceptors (Lipinski definition) is 5. The molecule has 4 rings (SSSR count). The van der Waals surface area contributed by atoms with E-state index in [1.165, 1.54) is 0 Å². The number of thioether (sulfide) groups is 1. The van der Waals surface area contributed by atoms with Crippen LogP contribution in [0, 0.1) is 0 Å². The minimum absolute atomic E-state index is 0.0542. The van der Waals surface area contributed by atoms with Crippen LogP contribution in [-0.4, -0.2) is 37.8 Å². The summed E-state index contributed by atoms with van der Waals surface area (Å²) in [5.41, 5.74) is 1.69. The van der Waals surface area contributed by atoms with Gasteiger partial charge in [-0.15, -0.1) is 0 Å². The molecule has 2 aromatic rings. The smallest absolute Gasteiger partial charge is 0.271 e. The number of aromatic amines is 1. The van der Waals surface area contributed by atoms with Gasteiger partial charge in [0.2, 0.25) is 0 Å². The Labute approximate surface area is 137 Å². The van der Waals surface area contributed by atoms with Gasteiger partial charge in [-0.3, -0.25) is 19.3 Å². The molecule has 0 amide bonds. The van der Waals surface area contributed by atoms with Crippen LogP contribution >= 0.6 is 11.8 Å². The van der Waals surface area contributed by atoms with Crippen LogP contribution in [0.2, 0.25) is 0 Å². The zero-order valence-electron chi connectivity index (χ0n) is 13.2. The topological polar surface area (TPSA) is 77.2 Å². The number of nitrogens with one attached hydrogen (secondary N) is 1. The van der Waals surface area contributed by atoms with E-state index >= 15 is 0 Å². The van der Waals surface area contributed by atoms with E-state index in [1.54, 1.807) is 18.0 Å². The third-order valence-corrected chi connectivity index (χ3v) is 5.58. The summed E-state index contributed by atoms with van der Waals surface area (Å²) in [6.45, 7) is 3.44. The molecule has 0 aromatic carbocycles. The fraction of sp³-hybridized carbons (Fsp3) is 0.533. The van der Waals surface area contributed by atoms with E-state index in [4.69, 9.17) is 4.74 Å². The maximum absolute atomic E-state index is 12.6. The molecule has 4 heterocycles. The number of H-pyrrole nitrogens is 1. The first-order valence-corrected chi connectivity index (χ1v) is 8.65. The summed E-state index contributed by atoms with van der Waals surface area (Å²) < 4.78 is 9.21. The number of rotatable bonds is 2. The Morgan fingerprint density at radius 1 is 1.39 bits per heavy atom. The first-order valence-electron chi connectivity index (χ1n) is 7.77. The lowest BCUT2D eigenvalue weighted by Gasteiger charge is -2.26. The average Bonchev–Trinajstić information content (AvgIpc) is 3.11.